The Balaban J connectivity index is 1.57. The van der Waals surface area contributed by atoms with Crippen molar-refractivity contribution < 1.29 is 22.7 Å². The van der Waals surface area contributed by atoms with Gasteiger partial charge in [-0.3, -0.25) is 4.79 Å². The van der Waals surface area contributed by atoms with Crippen LogP contribution in [0.2, 0.25) is 5.15 Å². The van der Waals surface area contributed by atoms with Crippen molar-refractivity contribution >= 4 is 39.4 Å². The van der Waals surface area contributed by atoms with Gasteiger partial charge in [0.2, 0.25) is 0 Å². The summed E-state index contributed by atoms with van der Waals surface area (Å²) in [7, 11) is -3.07. The van der Waals surface area contributed by atoms with E-state index in [-0.39, 0.29) is 35.2 Å². The molecular formula is C20H28ClN3O5S. The molecule has 0 bridgehead atoms. The molecule has 2 fully saturated rings. The summed E-state index contributed by atoms with van der Waals surface area (Å²) in [5, 5.41) is 4.63. The number of carbonyl (C=O) groups is 2. The van der Waals surface area contributed by atoms with Gasteiger partial charge in [-0.25, -0.2) is 17.9 Å². The highest BCUT2D eigenvalue weighted by atomic mass is 35.5. The first-order chi connectivity index (χ1) is 14.2. The minimum atomic E-state index is -3.07. The van der Waals surface area contributed by atoms with Gasteiger partial charge in [-0.15, -0.1) is 0 Å². The minimum absolute atomic E-state index is 0.0102. The number of halogens is 1. The molecule has 2 aliphatic rings. The molecule has 1 atom stereocenters. The highest BCUT2D eigenvalue weighted by Gasteiger charge is 2.32. The van der Waals surface area contributed by atoms with E-state index in [0.717, 1.165) is 25.8 Å². The fourth-order valence-corrected chi connectivity index (χ4v) is 5.62. The van der Waals surface area contributed by atoms with Crippen molar-refractivity contribution in [2.24, 2.45) is 5.92 Å². The zero-order valence-corrected chi connectivity index (χ0v) is 18.9. The SMILES string of the molecule is CCCN(CC1CC1)C(=O)COC(=O)/C=C/c1c(C)nn([C@@H]2CCS(=O)(=O)C2)c1Cl. The lowest BCUT2D eigenvalue weighted by atomic mass is 10.2. The molecule has 1 saturated heterocycles. The molecule has 1 saturated carbocycles. The van der Waals surface area contributed by atoms with Gasteiger partial charge in [-0.05, 0) is 44.6 Å². The summed E-state index contributed by atoms with van der Waals surface area (Å²) < 4.78 is 30.1. The van der Waals surface area contributed by atoms with Gasteiger partial charge in [-0.2, -0.15) is 5.10 Å². The van der Waals surface area contributed by atoms with E-state index in [1.807, 2.05) is 6.92 Å². The summed E-state index contributed by atoms with van der Waals surface area (Å²) in [5.74, 6) is -0.120. The van der Waals surface area contributed by atoms with Gasteiger partial charge in [-0.1, -0.05) is 18.5 Å². The van der Waals surface area contributed by atoms with Gasteiger partial charge >= 0.3 is 5.97 Å². The summed E-state index contributed by atoms with van der Waals surface area (Å²) in [4.78, 5) is 26.2. The number of nitrogens with zero attached hydrogens (tertiary/aromatic N) is 3. The summed E-state index contributed by atoms with van der Waals surface area (Å²) in [6, 6.07) is -0.302. The second kappa shape index (κ2) is 9.51. The molecule has 166 valence electrons. The first kappa shape index (κ1) is 22.8. The van der Waals surface area contributed by atoms with Crippen molar-refractivity contribution in [1.82, 2.24) is 14.7 Å². The second-order valence-electron chi connectivity index (χ2n) is 8.02. The molecule has 2 heterocycles. The predicted molar refractivity (Wildman–Crippen MR) is 114 cm³/mol. The summed E-state index contributed by atoms with van der Waals surface area (Å²) >= 11 is 6.39. The summed E-state index contributed by atoms with van der Waals surface area (Å²) in [6.45, 7) is 4.84. The average Bonchev–Trinajstić information content (AvgIpc) is 3.37. The van der Waals surface area contributed by atoms with E-state index in [0.29, 0.717) is 30.1 Å². The third-order valence-corrected chi connectivity index (χ3v) is 7.50. The summed E-state index contributed by atoms with van der Waals surface area (Å²) in [5.41, 5.74) is 1.12. The van der Waals surface area contributed by atoms with Crippen LogP contribution < -0.4 is 0 Å². The molecule has 0 aromatic carbocycles. The van der Waals surface area contributed by atoms with E-state index in [1.54, 1.807) is 11.8 Å². The molecule has 0 unspecified atom stereocenters. The van der Waals surface area contributed by atoms with E-state index in [9.17, 15) is 18.0 Å². The van der Waals surface area contributed by atoms with Crippen molar-refractivity contribution in [3.8, 4) is 0 Å². The Morgan fingerprint density at radius 1 is 1.33 bits per heavy atom. The molecule has 8 nitrogen and oxygen atoms in total. The fraction of sp³-hybridized carbons (Fsp3) is 0.650. The number of hydrogen-bond acceptors (Lipinski definition) is 6. The average molecular weight is 458 g/mol. The Morgan fingerprint density at radius 2 is 2.07 bits per heavy atom. The van der Waals surface area contributed by atoms with Crippen LogP contribution in [0.4, 0.5) is 0 Å². The van der Waals surface area contributed by atoms with Crippen LogP contribution in [0.15, 0.2) is 6.08 Å². The van der Waals surface area contributed by atoms with Gasteiger partial charge < -0.3 is 9.64 Å². The molecule has 0 radical (unpaired) electrons. The molecule has 1 aliphatic heterocycles. The largest absolute Gasteiger partial charge is 0.452 e. The number of aryl methyl sites for hydroxylation is 1. The zero-order valence-electron chi connectivity index (χ0n) is 17.3. The minimum Gasteiger partial charge on any atom is -0.452 e. The molecule has 1 aromatic rings. The molecule has 1 amide bonds. The van der Waals surface area contributed by atoms with Crippen LogP contribution >= 0.6 is 11.6 Å². The van der Waals surface area contributed by atoms with Crippen LogP contribution in [0.25, 0.3) is 6.08 Å². The van der Waals surface area contributed by atoms with Crippen LogP contribution in [-0.2, 0) is 24.2 Å². The molecular weight excluding hydrogens is 430 g/mol. The number of rotatable bonds is 9. The van der Waals surface area contributed by atoms with Crippen molar-refractivity contribution in [1.29, 1.82) is 0 Å². The Hall–Kier alpha value is -1.87. The van der Waals surface area contributed by atoms with E-state index in [4.69, 9.17) is 16.3 Å². The van der Waals surface area contributed by atoms with Gasteiger partial charge in [0.15, 0.2) is 16.4 Å². The van der Waals surface area contributed by atoms with Gasteiger partial charge in [0.25, 0.3) is 5.91 Å². The fourth-order valence-electron chi connectivity index (χ4n) is 3.56. The van der Waals surface area contributed by atoms with Crippen LogP contribution in [0.5, 0.6) is 0 Å². The molecule has 3 rings (SSSR count). The summed E-state index contributed by atoms with van der Waals surface area (Å²) in [6.07, 6.45) is 6.32. The Bertz CT molecular complexity index is 936. The maximum atomic E-state index is 12.3. The maximum absolute atomic E-state index is 12.3. The van der Waals surface area contributed by atoms with E-state index < -0.39 is 15.8 Å². The molecule has 1 aliphatic carbocycles. The number of hydrogen-bond donors (Lipinski definition) is 0. The van der Waals surface area contributed by atoms with Crippen LogP contribution in [-0.4, -0.2) is 66.2 Å². The number of carbonyl (C=O) groups excluding carboxylic acids is 2. The molecule has 10 heteroatoms. The van der Waals surface area contributed by atoms with Crippen LogP contribution in [0.3, 0.4) is 0 Å². The topological polar surface area (TPSA) is 98.6 Å². The maximum Gasteiger partial charge on any atom is 0.331 e. The Morgan fingerprint density at radius 3 is 2.67 bits per heavy atom. The molecule has 30 heavy (non-hydrogen) atoms. The predicted octanol–water partition coefficient (Wildman–Crippen LogP) is 2.41. The second-order valence-corrected chi connectivity index (χ2v) is 10.6. The van der Waals surface area contributed by atoms with Crippen molar-refractivity contribution in [3.63, 3.8) is 0 Å². The number of ether oxygens (including phenoxy) is 1. The number of esters is 1. The smallest absolute Gasteiger partial charge is 0.331 e. The van der Waals surface area contributed by atoms with Gasteiger partial charge in [0, 0.05) is 24.7 Å². The zero-order chi connectivity index (χ0) is 21.9. The normalized spacial score (nSPS) is 20.6. The molecule has 1 aromatic heterocycles. The third kappa shape index (κ3) is 5.85. The van der Waals surface area contributed by atoms with E-state index in [1.165, 1.54) is 16.8 Å². The quantitative estimate of drug-likeness (QED) is 0.417. The highest BCUT2D eigenvalue weighted by Crippen LogP contribution is 2.31. The Labute approximate surface area is 182 Å². The van der Waals surface area contributed by atoms with Crippen LogP contribution in [0, 0.1) is 12.8 Å². The van der Waals surface area contributed by atoms with E-state index in [2.05, 4.69) is 5.10 Å². The standard InChI is InChI=1S/C20H28ClN3O5S/c1-3-9-23(11-15-4-5-15)18(25)12-29-19(26)7-6-17-14(2)22-24(20(17)21)16-8-10-30(27,28)13-16/h6-7,15-16H,3-5,8-13H2,1-2H3/b7-6+/t16-/m1/s1. The molecule has 0 spiro atoms. The van der Waals surface area contributed by atoms with Crippen LogP contribution in [0.1, 0.15) is 49.9 Å². The first-order valence-corrected chi connectivity index (χ1v) is 12.5. The van der Waals surface area contributed by atoms with E-state index >= 15 is 0 Å². The Kier molecular flexibility index (Phi) is 7.23. The highest BCUT2D eigenvalue weighted by molar-refractivity contribution is 7.91. The number of sulfone groups is 1. The number of amides is 1. The van der Waals surface area contributed by atoms with Gasteiger partial charge in [0.1, 0.15) is 5.15 Å². The molecule has 0 N–H and O–H groups in total. The van der Waals surface area contributed by atoms with Gasteiger partial charge in [0.05, 0.1) is 23.2 Å². The van der Waals surface area contributed by atoms with Crippen molar-refractivity contribution in [2.45, 2.75) is 45.6 Å². The first-order valence-electron chi connectivity index (χ1n) is 10.3. The lowest BCUT2D eigenvalue weighted by Crippen LogP contribution is -2.36. The monoisotopic (exact) mass is 457 g/mol. The van der Waals surface area contributed by atoms with Crippen molar-refractivity contribution in [2.75, 3.05) is 31.2 Å². The third-order valence-electron chi connectivity index (χ3n) is 5.37. The number of aromatic nitrogens is 2. The van der Waals surface area contributed by atoms with Crippen molar-refractivity contribution in [3.05, 3.63) is 22.5 Å². The lowest BCUT2D eigenvalue weighted by Gasteiger charge is -2.21. The lowest BCUT2D eigenvalue weighted by molar-refractivity contribution is -0.148.